The molecule has 0 aromatic heterocycles. The number of carbonyl (C=O) groups is 3. The molecule has 9 heteroatoms. The zero-order valence-corrected chi connectivity index (χ0v) is 28.5. The molecule has 0 amide bonds. The second-order valence-electron chi connectivity index (χ2n) is 11.1. The van der Waals surface area contributed by atoms with Gasteiger partial charge in [0.1, 0.15) is 17.2 Å². The fourth-order valence-corrected chi connectivity index (χ4v) is 4.28. The molecule has 52 heavy (non-hydrogen) atoms. The molecule has 0 aliphatic carbocycles. The van der Waals surface area contributed by atoms with Crippen LogP contribution in [0.4, 0.5) is 4.39 Å². The van der Waals surface area contributed by atoms with Gasteiger partial charge in [0.15, 0.2) is 0 Å². The predicted molar refractivity (Wildman–Crippen MR) is 195 cm³/mol. The molecule has 0 bridgehead atoms. The van der Waals surface area contributed by atoms with Crippen LogP contribution in [-0.4, -0.2) is 44.3 Å². The smallest absolute Gasteiger partial charge is 0.366 e. The predicted octanol–water partition coefficient (Wildman–Crippen LogP) is 7.78. The molecule has 0 aliphatic rings. The van der Waals surface area contributed by atoms with Crippen LogP contribution in [0, 0.1) is 23.7 Å². The average molecular weight is 701 g/mol. The minimum absolute atomic E-state index is 0.0764. The first-order valence-electron chi connectivity index (χ1n) is 16.5. The summed E-state index contributed by atoms with van der Waals surface area (Å²) in [6, 6.07) is 28.7. The minimum Gasteiger partial charge on any atom is -0.494 e. The lowest BCUT2D eigenvalue weighted by Gasteiger charge is -2.08. The summed E-state index contributed by atoms with van der Waals surface area (Å²) in [5.41, 5.74) is 3.68. The third kappa shape index (κ3) is 13.7. The molecule has 0 saturated carbocycles. The second kappa shape index (κ2) is 20.8. The molecule has 0 radical (unpaired) electrons. The number of hydrogen-bond donors (Lipinski definition) is 0. The van der Waals surface area contributed by atoms with E-state index in [1.165, 1.54) is 0 Å². The van der Waals surface area contributed by atoms with Crippen LogP contribution in [-0.2, 0) is 19.1 Å². The van der Waals surface area contributed by atoms with Gasteiger partial charge in [-0.1, -0.05) is 36.8 Å². The number of unbranched alkanes of at least 4 members (excludes halogenated alkanes) is 2. The number of benzene rings is 4. The number of halogens is 1. The van der Waals surface area contributed by atoms with E-state index in [9.17, 15) is 18.8 Å². The van der Waals surface area contributed by atoms with E-state index in [1.54, 1.807) is 48.5 Å². The molecule has 4 rings (SSSR count). The van der Waals surface area contributed by atoms with Crippen LogP contribution in [0.25, 0.3) is 0 Å². The van der Waals surface area contributed by atoms with Gasteiger partial charge in [-0.15, -0.1) is 0 Å². The highest BCUT2D eigenvalue weighted by molar-refractivity contribution is 5.91. The van der Waals surface area contributed by atoms with E-state index in [-0.39, 0.29) is 6.61 Å². The molecule has 0 aliphatic heterocycles. The molecule has 0 N–H and O–H groups in total. The molecule has 4 aromatic rings. The molecular weight excluding hydrogens is 663 g/mol. The van der Waals surface area contributed by atoms with Crippen molar-refractivity contribution in [2.45, 2.75) is 25.7 Å². The van der Waals surface area contributed by atoms with Gasteiger partial charge in [-0.05, 0) is 123 Å². The van der Waals surface area contributed by atoms with E-state index in [2.05, 4.69) is 41.6 Å². The molecule has 0 unspecified atom stereocenters. The molecule has 0 fully saturated rings. The Bertz CT molecular complexity index is 1940. The molecular formula is C43H37FO8. The Morgan fingerprint density at radius 3 is 1.38 bits per heavy atom. The standard InChI is InChI=1S/C43H37FO8/c1-3-41(45)50-30-6-4-28-48-38-22-16-35(17-23-38)14-12-33-8-10-34(11-9-33)13-15-36-18-24-40(25-19-36)52-43(47)37-20-26-39(27-21-37)49-29-5-7-31-51-42(46)32(2)44/h3,8-11,16-27H,1-2,4-7,28-31H2. The monoisotopic (exact) mass is 700 g/mol. The Morgan fingerprint density at radius 2 is 0.942 bits per heavy atom. The first kappa shape index (κ1) is 38.2. The molecule has 0 saturated heterocycles. The summed E-state index contributed by atoms with van der Waals surface area (Å²) in [5, 5.41) is 0. The maximum absolute atomic E-state index is 12.6. The SMILES string of the molecule is C=CC(=O)OCCCCOc1ccc(C#Cc2ccc(C#Cc3ccc(OC(=O)c4ccc(OCCCCOC(=O)C(=C)F)cc4)cc3)cc2)cc1. The van der Waals surface area contributed by atoms with Crippen LogP contribution in [0.1, 0.15) is 58.3 Å². The quantitative estimate of drug-likeness (QED) is 0.0385. The van der Waals surface area contributed by atoms with Gasteiger partial charge in [-0.25, -0.2) is 14.4 Å². The van der Waals surface area contributed by atoms with E-state index in [0.717, 1.165) is 40.5 Å². The van der Waals surface area contributed by atoms with Crippen LogP contribution < -0.4 is 14.2 Å². The van der Waals surface area contributed by atoms with Crippen LogP contribution in [0.15, 0.2) is 122 Å². The van der Waals surface area contributed by atoms with Gasteiger partial charge in [-0.2, -0.15) is 4.39 Å². The Kier molecular flexibility index (Phi) is 15.3. The topological polar surface area (TPSA) is 97.4 Å². The number of rotatable bonds is 16. The van der Waals surface area contributed by atoms with E-state index in [1.807, 2.05) is 48.5 Å². The van der Waals surface area contributed by atoms with Gasteiger partial charge in [-0.3, -0.25) is 0 Å². The van der Waals surface area contributed by atoms with Crippen molar-refractivity contribution in [3.05, 3.63) is 150 Å². The first-order valence-corrected chi connectivity index (χ1v) is 16.5. The minimum atomic E-state index is -1.12. The highest BCUT2D eigenvalue weighted by Crippen LogP contribution is 2.18. The summed E-state index contributed by atoms with van der Waals surface area (Å²) in [7, 11) is 0. The number of ether oxygens (including phenoxy) is 5. The Balaban J connectivity index is 1.17. The van der Waals surface area contributed by atoms with Crippen LogP contribution >= 0.6 is 0 Å². The largest absolute Gasteiger partial charge is 0.494 e. The van der Waals surface area contributed by atoms with Crippen LogP contribution in [0.3, 0.4) is 0 Å². The van der Waals surface area contributed by atoms with Crippen molar-refractivity contribution >= 4 is 17.9 Å². The van der Waals surface area contributed by atoms with Crippen molar-refractivity contribution in [2.24, 2.45) is 0 Å². The van der Waals surface area contributed by atoms with E-state index < -0.39 is 23.7 Å². The molecule has 0 atom stereocenters. The summed E-state index contributed by atoms with van der Waals surface area (Å²) >= 11 is 0. The zero-order chi connectivity index (χ0) is 37.0. The van der Waals surface area contributed by atoms with Gasteiger partial charge >= 0.3 is 17.9 Å². The lowest BCUT2D eigenvalue weighted by molar-refractivity contribution is -0.141. The van der Waals surface area contributed by atoms with E-state index in [0.29, 0.717) is 56.1 Å². The van der Waals surface area contributed by atoms with Crippen LogP contribution in [0.2, 0.25) is 0 Å². The number of hydrogen-bond acceptors (Lipinski definition) is 8. The van der Waals surface area contributed by atoms with Crippen molar-refractivity contribution in [1.29, 1.82) is 0 Å². The lowest BCUT2D eigenvalue weighted by Crippen LogP contribution is -2.08. The highest BCUT2D eigenvalue weighted by Gasteiger charge is 2.10. The van der Waals surface area contributed by atoms with Crippen molar-refractivity contribution < 1.29 is 42.5 Å². The van der Waals surface area contributed by atoms with Crippen LogP contribution in [0.5, 0.6) is 17.2 Å². The molecule has 4 aromatic carbocycles. The molecule has 0 heterocycles. The normalized spacial score (nSPS) is 9.94. The maximum atomic E-state index is 12.6. The van der Waals surface area contributed by atoms with E-state index >= 15 is 0 Å². The van der Waals surface area contributed by atoms with Gasteiger partial charge < -0.3 is 23.7 Å². The third-order valence-electron chi connectivity index (χ3n) is 7.08. The summed E-state index contributed by atoms with van der Waals surface area (Å²) in [5.74, 6) is 11.2. The fraction of sp³-hybridized carbons (Fsp3) is 0.186. The number of carbonyl (C=O) groups excluding carboxylic acids is 3. The summed E-state index contributed by atoms with van der Waals surface area (Å²) < 4.78 is 39.0. The Morgan fingerprint density at radius 1 is 0.558 bits per heavy atom. The maximum Gasteiger partial charge on any atom is 0.366 e. The molecule has 0 spiro atoms. The average Bonchev–Trinajstić information content (AvgIpc) is 3.17. The summed E-state index contributed by atoms with van der Waals surface area (Å²) in [4.78, 5) is 34.7. The van der Waals surface area contributed by atoms with Gasteiger partial charge in [0, 0.05) is 28.3 Å². The Labute approximate surface area is 302 Å². The van der Waals surface area contributed by atoms with Crippen molar-refractivity contribution in [3.63, 3.8) is 0 Å². The summed E-state index contributed by atoms with van der Waals surface area (Å²) in [6.45, 7) is 7.56. The molecule has 264 valence electrons. The summed E-state index contributed by atoms with van der Waals surface area (Å²) in [6.07, 6.45) is 3.73. The van der Waals surface area contributed by atoms with Crippen molar-refractivity contribution in [1.82, 2.24) is 0 Å². The third-order valence-corrected chi connectivity index (χ3v) is 7.08. The molecule has 8 nitrogen and oxygen atoms in total. The van der Waals surface area contributed by atoms with Crippen molar-refractivity contribution in [3.8, 4) is 40.9 Å². The van der Waals surface area contributed by atoms with Gasteiger partial charge in [0.05, 0.1) is 32.0 Å². The van der Waals surface area contributed by atoms with Gasteiger partial charge in [0.25, 0.3) is 0 Å². The second-order valence-corrected chi connectivity index (χ2v) is 11.1. The number of esters is 3. The van der Waals surface area contributed by atoms with Gasteiger partial charge in [0.2, 0.25) is 5.83 Å². The Hall–Kier alpha value is -6.58. The first-order chi connectivity index (χ1) is 25.3. The van der Waals surface area contributed by atoms with E-state index in [4.69, 9.17) is 18.9 Å². The lowest BCUT2D eigenvalue weighted by atomic mass is 10.1. The van der Waals surface area contributed by atoms with Crippen molar-refractivity contribution in [2.75, 3.05) is 26.4 Å². The highest BCUT2D eigenvalue weighted by atomic mass is 19.1. The zero-order valence-electron chi connectivity index (χ0n) is 28.5. The fourth-order valence-electron chi connectivity index (χ4n) is 4.28.